The molecule has 0 saturated carbocycles. The van der Waals surface area contributed by atoms with E-state index in [-0.39, 0.29) is 0 Å². The third-order valence-corrected chi connectivity index (χ3v) is 4.74. The fourth-order valence-corrected chi connectivity index (χ4v) is 3.87. The Morgan fingerprint density at radius 1 is 0.950 bits per heavy atom. The van der Waals surface area contributed by atoms with Gasteiger partial charge in [-0.05, 0) is 45.4 Å². The minimum absolute atomic E-state index is 0.454. The maximum Gasteiger partial charge on any atom is 0.0355 e. The lowest BCUT2D eigenvalue weighted by Crippen LogP contribution is -2.21. The van der Waals surface area contributed by atoms with E-state index in [4.69, 9.17) is 0 Å². The molecule has 1 aromatic carbocycles. The first-order chi connectivity index (χ1) is 9.92. The maximum absolute atomic E-state index is 2.36. The van der Waals surface area contributed by atoms with Gasteiger partial charge in [0.2, 0.25) is 0 Å². The van der Waals surface area contributed by atoms with Gasteiger partial charge >= 0.3 is 0 Å². The van der Waals surface area contributed by atoms with Crippen LogP contribution in [-0.4, -0.2) is 0 Å². The zero-order valence-electron chi connectivity index (χ0n) is 11.1. The highest BCUT2D eigenvalue weighted by Gasteiger charge is 2.34. The highest BCUT2D eigenvalue weighted by molar-refractivity contribution is 5.90. The first-order valence-corrected chi connectivity index (χ1v) is 7.23. The van der Waals surface area contributed by atoms with Gasteiger partial charge in [-0.2, -0.15) is 0 Å². The molecule has 0 fully saturated rings. The van der Waals surface area contributed by atoms with E-state index >= 15 is 0 Å². The Morgan fingerprint density at radius 3 is 2.90 bits per heavy atom. The molecule has 0 N–H and O–H groups in total. The van der Waals surface area contributed by atoms with Crippen molar-refractivity contribution in [1.82, 2.24) is 0 Å². The van der Waals surface area contributed by atoms with Crippen LogP contribution in [0, 0.1) is 5.92 Å². The summed E-state index contributed by atoms with van der Waals surface area (Å²) in [6.07, 6.45) is 17.2. The number of hydrogen-bond donors (Lipinski definition) is 0. The summed E-state index contributed by atoms with van der Waals surface area (Å²) >= 11 is 0. The van der Waals surface area contributed by atoms with Crippen molar-refractivity contribution in [1.29, 1.82) is 0 Å². The molecule has 0 nitrogen and oxygen atoms in total. The predicted molar refractivity (Wildman–Crippen MR) is 83.9 cm³/mol. The van der Waals surface area contributed by atoms with Crippen LogP contribution in [0.2, 0.25) is 0 Å². The van der Waals surface area contributed by atoms with E-state index in [2.05, 4.69) is 66.8 Å². The van der Waals surface area contributed by atoms with Gasteiger partial charge in [-0.15, -0.1) is 0 Å². The fraction of sp³-hybridized carbons (Fsp3) is 0.100. The normalized spacial score (nSPS) is 24.6. The second-order valence-electron chi connectivity index (χ2n) is 5.79. The Kier molecular flexibility index (Phi) is 1.88. The summed E-state index contributed by atoms with van der Waals surface area (Å²) in [7, 11) is 0. The largest absolute Gasteiger partial charge is 0.0795 e. The van der Waals surface area contributed by atoms with Crippen molar-refractivity contribution in [2.75, 3.05) is 0 Å². The monoisotopic (exact) mass is 254 g/mol. The molecule has 0 bridgehead atoms. The molecule has 1 unspecified atom stereocenters. The molecular formula is C20H14. The first-order valence-electron chi connectivity index (χ1n) is 7.23. The summed E-state index contributed by atoms with van der Waals surface area (Å²) in [5.74, 6) is 0.454. The first kappa shape index (κ1) is 10.4. The number of rotatable bonds is 0. The molecule has 4 aliphatic carbocycles. The van der Waals surface area contributed by atoms with E-state index in [0.29, 0.717) is 5.92 Å². The Hall–Kier alpha value is -2.34. The standard InChI is InChI=1S/C20H14/c1-2-7-17-15(4-1)12-16-9-8-13-5-3-6-14-10-11-18(17)20(16)19(13)14/h1-5,7-12,20H,6H2. The molecular weight excluding hydrogens is 240 g/mol. The van der Waals surface area contributed by atoms with E-state index in [9.17, 15) is 0 Å². The minimum Gasteiger partial charge on any atom is -0.0795 e. The fourth-order valence-electron chi connectivity index (χ4n) is 3.87. The van der Waals surface area contributed by atoms with Gasteiger partial charge in [0.25, 0.3) is 0 Å². The minimum atomic E-state index is 0.454. The molecule has 20 heavy (non-hydrogen) atoms. The summed E-state index contributed by atoms with van der Waals surface area (Å²) in [6.45, 7) is 0. The number of benzene rings is 1. The van der Waals surface area contributed by atoms with E-state index in [1.807, 2.05) is 0 Å². The van der Waals surface area contributed by atoms with Gasteiger partial charge in [0, 0.05) is 5.92 Å². The zero-order valence-corrected chi connectivity index (χ0v) is 11.1. The van der Waals surface area contributed by atoms with Gasteiger partial charge in [-0.3, -0.25) is 0 Å². The molecule has 1 atom stereocenters. The summed E-state index contributed by atoms with van der Waals surface area (Å²) in [5, 5.41) is 0. The van der Waals surface area contributed by atoms with Crippen LogP contribution in [-0.2, 0) is 0 Å². The Labute approximate surface area is 118 Å². The van der Waals surface area contributed by atoms with E-state index in [1.165, 1.54) is 39.0 Å². The lowest BCUT2D eigenvalue weighted by molar-refractivity contribution is 0.892. The predicted octanol–water partition coefficient (Wildman–Crippen LogP) is 4.85. The van der Waals surface area contributed by atoms with Gasteiger partial charge in [0.15, 0.2) is 0 Å². The summed E-state index contributed by atoms with van der Waals surface area (Å²) in [5.41, 5.74) is 10.1. The third kappa shape index (κ3) is 1.21. The highest BCUT2D eigenvalue weighted by Crippen LogP contribution is 2.51. The molecule has 0 amide bonds. The number of fused-ring (bicyclic) bond motifs is 2. The molecule has 1 aromatic rings. The van der Waals surface area contributed by atoms with Crippen molar-refractivity contribution in [2.24, 2.45) is 5.92 Å². The van der Waals surface area contributed by atoms with E-state index in [1.54, 1.807) is 0 Å². The van der Waals surface area contributed by atoms with Crippen LogP contribution in [0.4, 0.5) is 0 Å². The molecule has 5 rings (SSSR count). The highest BCUT2D eigenvalue weighted by atomic mass is 14.4. The third-order valence-electron chi connectivity index (χ3n) is 4.74. The van der Waals surface area contributed by atoms with Crippen molar-refractivity contribution in [3.05, 3.63) is 94.1 Å². The smallest absolute Gasteiger partial charge is 0.0355 e. The van der Waals surface area contributed by atoms with E-state index < -0.39 is 0 Å². The summed E-state index contributed by atoms with van der Waals surface area (Å²) in [6, 6.07) is 8.75. The number of allylic oxidation sites excluding steroid dienone is 11. The Morgan fingerprint density at radius 2 is 1.90 bits per heavy atom. The van der Waals surface area contributed by atoms with Gasteiger partial charge in [0.05, 0.1) is 0 Å². The topological polar surface area (TPSA) is 0 Å². The molecule has 0 heteroatoms. The second kappa shape index (κ2) is 3.61. The van der Waals surface area contributed by atoms with Crippen LogP contribution in [0.3, 0.4) is 0 Å². The number of hydrogen-bond acceptors (Lipinski definition) is 0. The Bertz CT molecular complexity index is 819. The lowest BCUT2D eigenvalue weighted by atomic mass is 9.66. The molecule has 0 heterocycles. The molecule has 94 valence electrons. The van der Waals surface area contributed by atoms with Crippen LogP contribution in [0.1, 0.15) is 17.5 Å². The molecule has 4 aliphatic rings. The van der Waals surface area contributed by atoms with E-state index in [0.717, 1.165) is 6.42 Å². The molecule has 0 aromatic heterocycles. The second-order valence-corrected chi connectivity index (χ2v) is 5.79. The van der Waals surface area contributed by atoms with Gasteiger partial charge in [-0.1, -0.05) is 66.8 Å². The van der Waals surface area contributed by atoms with Crippen molar-refractivity contribution in [3.63, 3.8) is 0 Å². The van der Waals surface area contributed by atoms with Gasteiger partial charge in [-0.25, -0.2) is 0 Å². The average molecular weight is 254 g/mol. The van der Waals surface area contributed by atoms with Crippen LogP contribution >= 0.6 is 0 Å². The van der Waals surface area contributed by atoms with Crippen molar-refractivity contribution < 1.29 is 0 Å². The van der Waals surface area contributed by atoms with Gasteiger partial charge in [0.1, 0.15) is 0 Å². The molecule has 0 spiro atoms. The van der Waals surface area contributed by atoms with Crippen LogP contribution < -0.4 is 0 Å². The SMILES string of the molecule is C1=CC2=C3C(=CC=C4c5ccccc5C=C(C=C2)C43)C1. The van der Waals surface area contributed by atoms with Crippen LogP contribution in [0.15, 0.2) is 83.0 Å². The zero-order chi connectivity index (χ0) is 13.1. The summed E-state index contributed by atoms with van der Waals surface area (Å²) in [4.78, 5) is 0. The van der Waals surface area contributed by atoms with Crippen molar-refractivity contribution >= 4 is 11.6 Å². The van der Waals surface area contributed by atoms with Crippen molar-refractivity contribution in [2.45, 2.75) is 6.42 Å². The molecule has 0 radical (unpaired) electrons. The summed E-state index contributed by atoms with van der Waals surface area (Å²) < 4.78 is 0. The maximum atomic E-state index is 2.36. The van der Waals surface area contributed by atoms with Crippen LogP contribution in [0.25, 0.3) is 11.6 Å². The quantitative estimate of drug-likeness (QED) is 0.621. The Balaban J connectivity index is 1.86. The average Bonchev–Trinajstić information content (AvgIpc) is 2.52. The molecule has 0 aliphatic heterocycles. The lowest BCUT2D eigenvalue weighted by Gasteiger charge is -2.37. The van der Waals surface area contributed by atoms with Crippen molar-refractivity contribution in [3.8, 4) is 0 Å². The van der Waals surface area contributed by atoms with Gasteiger partial charge < -0.3 is 0 Å². The molecule has 0 saturated heterocycles. The van der Waals surface area contributed by atoms with Crippen LogP contribution in [0.5, 0.6) is 0 Å².